The van der Waals surface area contributed by atoms with Crippen LogP contribution in [0.1, 0.15) is 60.3 Å². The number of benzene rings is 2. The summed E-state index contributed by atoms with van der Waals surface area (Å²) in [6, 6.07) is 10.2. The molecule has 5 nitrogen and oxygen atoms in total. The van der Waals surface area contributed by atoms with E-state index in [0.717, 1.165) is 25.7 Å². The molecule has 1 amide bonds. The molecular weight excluding hydrogens is 411 g/mol. The summed E-state index contributed by atoms with van der Waals surface area (Å²) in [5.74, 6) is -1.24. The molecule has 0 bridgehead atoms. The summed E-state index contributed by atoms with van der Waals surface area (Å²) in [5.41, 5.74) is 3.81. The fourth-order valence-corrected chi connectivity index (χ4v) is 4.38. The monoisotopic (exact) mass is 438 g/mol. The minimum atomic E-state index is -0.672. The Kier molecular flexibility index (Phi) is 6.26. The quantitative estimate of drug-likeness (QED) is 0.556. The molecule has 2 N–H and O–H groups in total. The fourth-order valence-electron chi connectivity index (χ4n) is 4.38. The van der Waals surface area contributed by atoms with Crippen molar-refractivity contribution in [3.63, 3.8) is 0 Å². The molecule has 0 unspecified atom stereocenters. The van der Waals surface area contributed by atoms with Gasteiger partial charge in [0.1, 0.15) is 11.6 Å². The van der Waals surface area contributed by atoms with Gasteiger partial charge in [0.25, 0.3) is 11.5 Å². The van der Waals surface area contributed by atoms with Gasteiger partial charge < -0.3 is 10.7 Å². The Morgan fingerprint density at radius 1 is 1.19 bits per heavy atom. The zero-order valence-electron chi connectivity index (χ0n) is 18.3. The minimum Gasteiger partial charge on any atom is -0.345 e. The third-order valence-corrected chi connectivity index (χ3v) is 6.26. The maximum Gasteiger partial charge on any atom is 0.279 e. The van der Waals surface area contributed by atoms with Crippen molar-refractivity contribution in [1.82, 2.24) is 9.99 Å². The lowest BCUT2D eigenvalue weighted by Crippen LogP contribution is -2.39. The van der Waals surface area contributed by atoms with Gasteiger partial charge in [-0.25, -0.2) is 13.5 Å². The number of carbonyl (C=O) groups is 1. The maximum absolute atomic E-state index is 14.7. The van der Waals surface area contributed by atoms with Gasteiger partial charge >= 0.3 is 0 Å². The average molecular weight is 439 g/mol. The Balaban J connectivity index is 1.81. The summed E-state index contributed by atoms with van der Waals surface area (Å²) < 4.78 is 29.8. The highest BCUT2D eigenvalue weighted by Crippen LogP contribution is 2.38. The first-order valence-electron chi connectivity index (χ1n) is 11.1. The van der Waals surface area contributed by atoms with Crippen LogP contribution in [0.4, 0.5) is 8.78 Å². The number of rotatable bonds is 7. The molecule has 0 spiro atoms. The summed E-state index contributed by atoms with van der Waals surface area (Å²) in [5, 5.41) is 3.21. The molecule has 1 atom stereocenters. The highest BCUT2D eigenvalue weighted by Gasteiger charge is 2.31. The molecule has 4 rings (SSSR count). The second-order valence-electron chi connectivity index (χ2n) is 8.37. The first-order valence-corrected chi connectivity index (χ1v) is 11.1. The lowest BCUT2D eigenvalue weighted by molar-refractivity contribution is 0.0900. The van der Waals surface area contributed by atoms with Gasteiger partial charge in [-0.15, -0.1) is 0 Å². The van der Waals surface area contributed by atoms with E-state index in [1.54, 1.807) is 25.1 Å². The molecular formula is C25H27F2N3O2. The summed E-state index contributed by atoms with van der Waals surface area (Å²) >= 11 is 0. The van der Waals surface area contributed by atoms with Gasteiger partial charge in [0.2, 0.25) is 0 Å². The van der Waals surface area contributed by atoms with Crippen LogP contribution in [-0.4, -0.2) is 17.1 Å². The number of halogens is 2. The average Bonchev–Trinajstić information content (AvgIpc) is 2.72. The fraction of sp³-hybridized carbons (Fsp3) is 0.360. The van der Waals surface area contributed by atoms with Crippen LogP contribution in [0.15, 0.2) is 47.3 Å². The van der Waals surface area contributed by atoms with Crippen LogP contribution in [0, 0.1) is 24.5 Å². The second kappa shape index (κ2) is 9.10. The molecule has 3 aromatic rings. The van der Waals surface area contributed by atoms with Crippen LogP contribution < -0.4 is 16.3 Å². The van der Waals surface area contributed by atoms with E-state index in [4.69, 9.17) is 0 Å². The van der Waals surface area contributed by atoms with Crippen molar-refractivity contribution >= 4 is 16.7 Å². The Morgan fingerprint density at radius 3 is 2.59 bits per heavy atom. The Hall–Kier alpha value is -3.22. The van der Waals surface area contributed by atoms with E-state index in [-0.39, 0.29) is 34.1 Å². The van der Waals surface area contributed by atoms with E-state index in [2.05, 4.69) is 10.7 Å². The predicted octanol–water partition coefficient (Wildman–Crippen LogP) is 4.81. The molecule has 0 saturated heterocycles. The predicted molar refractivity (Wildman–Crippen MR) is 121 cm³/mol. The van der Waals surface area contributed by atoms with Crippen LogP contribution >= 0.6 is 0 Å². The highest BCUT2D eigenvalue weighted by molar-refractivity contribution is 6.08. The lowest BCUT2D eigenvalue weighted by atomic mass is 9.77. The van der Waals surface area contributed by atoms with Gasteiger partial charge in [0.15, 0.2) is 0 Å². The Morgan fingerprint density at radius 2 is 1.94 bits per heavy atom. The van der Waals surface area contributed by atoms with Crippen LogP contribution in [-0.2, 0) is 0 Å². The molecule has 1 fully saturated rings. The van der Waals surface area contributed by atoms with Gasteiger partial charge in [-0.2, -0.15) is 0 Å². The molecule has 2 aromatic carbocycles. The Bertz CT molecular complexity index is 1220. The van der Waals surface area contributed by atoms with E-state index >= 15 is 0 Å². The molecule has 1 heterocycles. The number of nitrogens with zero attached hydrogens (tertiary/aromatic N) is 1. The van der Waals surface area contributed by atoms with Crippen molar-refractivity contribution in [2.45, 2.75) is 45.6 Å². The first kappa shape index (κ1) is 22.0. The number of aromatic nitrogens is 1. The third kappa shape index (κ3) is 3.99. The van der Waals surface area contributed by atoms with Crippen LogP contribution in [0.2, 0.25) is 0 Å². The second-order valence-corrected chi connectivity index (χ2v) is 8.37. The molecule has 32 heavy (non-hydrogen) atoms. The van der Waals surface area contributed by atoms with Crippen molar-refractivity contribution in [2.75, 3.05) is 12.0 Å². The van der Waals surface area contributed by atoms with Gasteiger partial charge in [0, 0.05) is 11.9 Å². The van der Waals surface area contributed by atoms with Gasteiger partial charge in [-0.05, 0) is 55.9 Å². The minimum absolute atomic E-state index is 0.127. The summed E-state index contributed by atoms with van der Waals surface area (Å²) in [4.78, 5) is 26.6. The summed E-state index contributed by atoms with van der Waals surface area (Å²) in [7, 11) is 0. The van der Waals surface area contributed by atoms with Crippen LogP contribution in [0.5, 0.6) is 0 Å². The number of hydrogen-bond acceptors (Lipinski definition) is 3. The van der Waals surface area contributed by atoms with Crippen molar-refractivity contribution in [3.05, 3.63) is 81.3 Å². The van der Waals surface area contributed by atoms with E-state index in [1.165, 1.54) is 28.9 Å². The third-order valence-electron chi connectivity index (χ3n) is 6.26. The summed E-state index contributed by atoms with van der Waals surface area (Å²) in [6.07, 6.45) is 3.69. The zero-order valence-corrected chi connectivity index (χ0v) is 18.3. The number of pyridine rings is 1. The normalized spacial score (nSPS) is 14.8. The van der Waals surface area contributed by atoms with Crippen molar-refractivity contribution < 1.29 is 13.6 Å². The SMILES string of the molecule is CC[11CH2]Nn1c(C)c(C(=O)N[C@H](c2cccc(F)c2)C2CCC2)c2cccc(F)c2c1=O. The van der Waals surface area contributed by atoms with Crippen molar-refractivity contribution in [1.29, 1.82) is 0 Å². The van der Waals surface area contributed by atoms with Crippen molar-refractivity contribution in [2.24, 2.45) is 5.92 Å². The van der Waals surface area contributed by atoms with E-state index in [9.17, 15) is 18.4 Å². The topological polar surface area (TPSA) is 63.1 Å². The molecule has 1 aliphatic rings. The van der Waals surface area contributed by atoms with Gasteiger partial charge in [-0.1, -0.05) is 37.6 Å². The number of hydrogen-bond donors (Lipinski definition) is 2. The zero-order chi connectivity index (χ0) is 22.8. The van der Waals surface area contributed by atoms with E-state index in [0.29, 0.717) is 17.8 Å². The van der Waals surface area contributed by atoms with Crippen molar-refractivity contribution in [3.8, 4) is 0 Å². The standard InChI is InChI=1S/C25H27F2N3O2/c1-3-13-28-30-15(2)21(19-11-6-12-20(27)22(19)25(30)32)24(31)29-23(16-7-4-8-16)17-9-5-10-18(26)14-17/h5-6,9-12,14,16,23,28H,3-4,7-8,13H2,1-2H3,(H,29,31)/t23-/m0/s1/i13-1. The first-order chi connectivity index (χ1) is 15.4. The molecule has 1 aliphatic carbocycles. The number of fused-ring (bicyclic) bond motifs is 1. The summed E-state index contributed by atoms with van der Waals surface area (Å²) in [6.45, 7) is 4.12. The Labute approximate surface area is 185 Å². The largest absolute Gasteiger partial charge is 0.345 e. The highest BCUT2D eigenvalue weighted by atomic mass is 19.1. The molecule has 1 aromatic heterocycles. The molecule has 0 radical (unpaired) electrons. The van der Waals surface area contributed by atoms with Gasteiger partial charge in [0.05, 0.1) is 22.7 Å². The van der Waals surface area contributed by atoms with Gasteiger partial charge in [-0.3, -0.25) is 9.59 Å². The number of amides is 1. The van der Waals surface area contributed by atoms with Crippen LogP contribution in [0.3, 0.4) is 0 Å². The molecule has 1 saturated carbocycles. The molecule has 0 aliphatic heterocycles. The maximum atomic E-state index is 14.7. The molecule has 168 valence electrons. The van der Waals surface area contributed by atoms with E-state index in [1.807, 2.05) is 6.92 Å². The number of carbonyl (C=O) groups excluding carboxylic acids is 1. The molecule has 7 heteroatoms. The van der Waals surface area contributed by atoms with E-state index < -0.39 is 17.3 Å². The van der Waals surface area contributed by atoms with Crippen LogP contribution in [0.25, 0.3) is 10.8 Å². The smallest absolute Gasteiger partial charge is 0.279 e. The lowest BCUT2D eigenvalue weighted by Gasteiger charge is -2.35. The number of nitrogens with one attached hydrogen (secondary N) is 2.